The van der Waals surface area contributed by atoms with E-state index in [0.717, 1.165) is 16.7 Å². The minimum absolute atomic E-state index is 0.113. The predicted octanol–water partition coefficient (Wildman–Crippen LogP) is 2.61. The monoisotopic (exact) mass is 400 g/mol. The molecule has 0 aliphatic carbocycles. The maximum atomic E-state index is 12.7. The number of rotatable bonds is 8. The lowest BCUT2D eigenvalue weighted by Crippen LogP contribution is -2.30. The molecule has 0 radical (unpaired) electrons. The number of carbonyl (C=O) groups excluding carboxylic acids is 2. The van der Waals surface area contributed by atoms with Crippen molar-refractivity contribution in [3.63, 3.8) is 0 Å². The topological polar surface area (TPSA) is 96.9 Å². The molecule has 0 fully saturated rings. The molecule has 156 valence electrons. The number of nitrogens with one attached hydrogen (secondary N) is 2. The average molecular weight is 400 g/mol. The first-order chi connectivity index (χ1) is 13.7. The number of hydrogen-bond donors (Lipinski definition) is 3. The fraction of sp³-hybridized carbons (Fsp3) is 0.364. The lowest BCUT2D eigenvalue weighted by molar-refractivity contribution is -0.115. The summed E-state index contributed by atoms with van der Waals surface area (Å²) >= 11 is 0. The number of hydrogen-bond acceptors (Lipinski definition) is 5. The molecule has 0 heterocycles. The molecule has 7 heteroatoms. The van der Waals surface area contributed by atoms with Crippen molar-refractivity contribution >= 4 is 17.5 Å². The van der Waals surface area contributed by atoms with Gasteiger partial charge in [0.2, 0.25) is 5.91 Å². The Balaban J connectivity index is 2.29. The van der Waals surface area contributed by atoms with Crippen molar-refractivity contribution in [3.05, 3.63) is 52.6 Å². The molecule has 0 aliphatic heterocycles. The van der Waals surface area contributed by atoms with Crippen LogP contribution in [0.15, 0.2) is 30.3 Å². The fourth-order valence-corrected chi connectivity index (χ4v) is 2.89. The molecule has 7 nitrogen and oxygen atoms in total. The van der Waals surface area contributed by atoms with Crippen molar-refractivity contribution in [2.24, 2.45) is 0 Å². The van der Waals surface area contributed by atoms with Crippen molar-refractivity contribution in [3.8, 4) is 11.5 Å². The number of methoxy groups -OCH3 is 2. The molecule has 2 aromatic carbocycles. The number of ether oxygens (including phenoxy) is 2. The predicted molar refractivity (Wildman–Crippen MR) is 112 cm³/mol. The van der Waals surface area contributed by atoms with Crippen LogP contribution < -0.4 is 20.1 Å². The van der Waals surface area contributed by atoms with E-state index >= 15 is 0 Å². The van der Waals surface area contributed by atoms with E-state index in [-0.39, 0.29) is 24.4 Å². The van der Waals surface area contributed by atoms with Gasteiger partial charge in [-0.25, -0.2) is 0 Å². The summed E-state index contributed by atoms with van der Waals surface area (Å²) in [5.74, 6) is 0.0191. The summed E-state index contributed by atoms with van der Waals surface area (Å²) in [5, 5.41) is 14.8. The highest BCUT2D eigenvalue weighted by molar-refractivity contribution is 6.00. The van der Waals surface area contributed by atoms with Crippen molar-refractivity contribution in [1.82, 2.24) is 5.32 Å². The molecular formula is C22H28N2O5. The molecule has 2 amide bonds. The number of carbonyl (C=O) groups is 2. The van der Waals surface area contributed by atoms with Gasteiger partial charge in [-0.05, 0) is 44.0 Å². The van der Waals surface area contributed by atoms with Crippen LogP contribution in [0, 0.1) is 13.8 Å². The first-order valence-electron chi connectivity index (χ1n) is 9.33. The van der Waals surface area contributed by atoms with Gasteiger partial charge >= 0.3 is 0 Å². The molecule has 29 heavy (non-hydrogen) atoms. The lowest BCUT2D eigenvalue weighted by Gasteiger charge is -2.16. The Morgan fingerprint density at radius 1 is 1.10 bits per heavy atom. The number of amides is 2. The van der Waals surface area contributed by atoms with Crippen LogP contribution in [0.25, 0.3) is 0 Å². The van der Waals surface area contributed by atoms with Gasteiger partial charge in [-0.3, -0.25) is 9.59 Å². The molecule has 3 N–H and O–H groups in total. The van der Waals surface area contributed by atoms with Gasteiger partial charge in [0.1, 0.15) is 0 Å². The number of benzene rings is 2. The Hall–Kier alpha value is -3.06. The molecule has 1 atom stereocenters. The van der Waals surface area contributed by atoms with Crippen LogP contribution in [0.1, 0.15) is 34.0 Å². The molecular weight excluding hydrogens is 372 g/mol. The van der Waals surface area contributed by atoms with Crippen LogP contribution in [-0.4, -0.2) is 43.8 Å². The minimum Gasteiger partial charge on any atom is -0.493 e. The Bertz CT molecular complexity index is 893. The van der Waals surface area contributed by atoms with E-state index < -0.39 is 12.0 Å². The summed E-state index contributed by atoms with van der Waals surface area (Å²) in [6.45, 7) is 5.62. The standard InChI is InChI=1S/C22H28N2O5/c1-13-6-7-14(2)16(8-13)11-20(26)24-18-9-17(22(27)23-12-15(3)25)10-19(28-4)21(18)29-5/h6-10,15,25H,11-12H2,1-5H3,(H,23,27)(H,24,26). The summed E-state index contributed by atoms with van der Waals surface area (Å²) in [6.07, 6.45) is -0.479. The van der Waals surface area contributed by atoms with E-state index in [1.165, 1.54) is 26.4 Å². The molecule has 2 aromatic rings. The third-order valence-electron chi connectivity index (χ3n) is 4.43. The second kappa shape index (κ2) is 9.93. The Kier molecular flexibility index (Phi) is 7.61. The van der Waals surface area contributed by atoms with E-state index in [0.29, 0.717) is 17.2 Å². The third kappa shape index (κ3) is 5.96. The molecule has 2 rings (SSSR count). The largest absolute Gasteiger partial charge is 0.493 e. The van der Waals surface area contributed by atoms with E-state index in [2.05, 4.69) is 10.6 Å². The molecule has 0 spiro atoms. The van der Waals surface area contributed by atoms with E-state index in [9.17, 15) is 14.7 Å². The average Bonchev–Trinajstić information content (AvgIpc) is 2.68. The minimum atomic E-state index is -0.671. The lowest BCUT2D eigenvalue weighted by atomic mass is 10.0. The molecule has 0 aromatic heterocycles. The van der Waals surface area contributed by atoms with Gasteiger partial charge in [-0.2, -0.15) is 0 Å². The Morgan fingerprint density at radius 2 is 1.83 bits per heavy atom. The highest BCUT2D eigenvalue weighted by Crippen LogP contribution is 2.36. The smallest absolute Gasteiger partial charge is 0.251 e. The van der Waals surface area contributed by atoms with E-state index in [4.69, 9.17) is 9.47 Å². The van der Waals surface area contributed by atoms with Gasteiger partial charge in [0.05, 0.1) is 32.4 Å². The summed E-state index contributed by atoms with van der Waals surface area (Å²) in [6, 6.07) is 9.01. The third-order valence-corrected chi connectivity index (χ3v) is 4.43. The van der Waals surface area contributed by atoms with Crippen molar-refractivity contribution in [2.45, 2.75) is 33.3 Å². The van der Waals surface area contributed by atoms with Crippen LogP contribution in [-0.2, 0) is 11.2 Å². The zero-order valence-corrected chi connectivity index (χ0v) is 17.5. The van der Waals surface area contributed by atoms with Crippen LogP contribution in [0.2, 0.25) is 0 Å². The second-order valence-electron chi connectivity index (χ2n) is 6.97. The summed E-state index contributed by atoms with van der Waals surface area (Å²) in [4.78, 5) is 25.1. The number of anilines is 1. The zero-order valence-electron chi connectivity index (χ0n) is 17.5. The van der Waals surface area contributed by atoms with Gasteiger partial charge < -0.3 is 25.2 Å². The highest BCUT2D eigenvalue weighted by Gasteiger charge is 2.18. The first-order valence-corrected chi connectivity index (χ1v) is 9.33. The normalized spacial score (nSPS) is 11.5. The maximum absolute atomic E-state index is 12.7. The van der Waals surface area contributed by atoms with Crippen LogP contribution in [0.3, 0.4) is 0 Å². The maximum Gasteiger partial charge on any atom is 0.251 e. The zero-order chi connectivity index (χ0) is 21.6. The van der Waals surface area contributed by atoms with E-state index in [1.54, 1.807) is 6.92 Å². The molecule has 1 unspecified atom stereocenters. The Morgan fingerprint density at radius 3 is 2.45 bits per heavy atom. The second-order valence-corrected chi connectivity index (χ2v) is 6.97. The molecule has 0 saturated carbocycles. The van der Waals surface area contributed by atoms with Gasteiger partial charge in [0, 0.05) is 12.1 Å². The van der Waals surface area contributed by atoms with Gasteiger partial charge in [-0.15, -0.1) is 0 Å². The summed E-state index contributed by atoms with van der Waals surface area (Å²) < 4.78 is 10.7. The SMILES string of the molecule is COc1cc(C(=O)NCC(C)O)cc(NC(=O)Cc2cc(C)ccc2C)c1OC. The molecule has 0 saturated heterocycles. The number of aliphatic hydroxyl groups excluding tert-OH is 1. The van der Waals surface area contributed by atoms with Crippen molar-refractivity contribution < 1.29 is 24.2 Å². The number of aliphatic hydroxyl groups is 1. The summed E-state index contributed by atoms with van der Waals surface area (Å²) in [7, 11) is 2.92. The quantitative estimate of drug-likeness (QED) is 0.633. The van der Waals surface area contributed by atoms with Crippen LogP contribution >= 0.6 is 0 Å². The molecule has 0 bridgehead atoms. The van der Waals surface area contributed by atoms with Crippen molar-refractivity contribution in [2.75, 3.05) is 26.1 Å². The van der Waals surface area contributed by atoms with Crippen LogP contribution in [0.5, 0.6) is 11.5 Å². The first kappa shape index (κ1) is 22.2. The highest BCUT2D eigenvalue weighted by atomic mass is 16.5. The molecule has 0 aliphatic rings. The summed E-state index contributed by atoms with van der Waals surface area (Å²) in [5.41, 5.74) is 3.66. The number of aryl methyl sites for hydroxylation is 2. The van der Waals surface area contributed by atoms with Crippen molar-refractivity contribution in [1.29, 1.82) is 0 Å². The fourth-order valence-electron chi connectivity index (χ4n) is 2.89. The van der Waals surface area contributed by atoms with Crippen LogP contribution in [0.4, 0.5) is 5.69 Å². The van der Waals surface area contributed by atoms with Gasteiger partial charge in [-0.1, -0.05) is 23.8 Å². The van der Waals surface area contributed by atoms with Gasteiger partial charge in [0.25, 0.3) is 5.91 Å². The van der Waals surface area contributed by atoms with Gasteiger partial charge in [0.15, 0.2) is 11.5 Å². The Labute approximate surface area is 171 Å². The van der Waals surface area contributed by atoms with E-state index in [1.807, 2.05) is 32.0 Å².